The van der Waals surface area contributed by atoms with Gasteiger partial charge in [-0.1, -0.05) is 23.8 Å². The second-order valence-electron chi connectivity index (χ2n) is 7.13. The number of aryl methyl sites for hydroxylation is 2. The highest BCUT2D eigenvalue weighted by Crippen LogP contribution is 2.57. The first-order valence-electron chi connectivity index (χ1n) is 7.82. The van der Waals surface area contributed by atoms with Crippen LogP contribution in [0, 0.1) is 19.3 Å². The molecule has 0 aromatic heterocycles. The summed E-state index contributed by atoms with van der Waals surface area (Å²) in [6.45, 7) is 5.75. The van der Waals surface area contributed by atoms with Gasteiger partial charge in [0, 0.05) is 6.54 Å². The topological polar surface area (TPSA) is 12.0 Å². The standard InChI is InChI=1S/C18H27N/c1-14-4-5-15(2)16(12-14)18-9-6-17(7-10-18,8-11-18)13-19-3/h4-5,12,19H,6-11,13H2,1-3H3. The lowest BCUT2D eigenvalue weighted by molar-refractivity contribution is 0.0412. The molecule has 104 valence electrons. The van der Waals surface area contributed by atoms with Crippen molar-refractivity contribution in [1.29, 1.82) is 0 Å². The van der Waals surface area contributed by atoms with Gasteiger partial charge in [0.15, 0.2) is 0 Å². The van der Waals surface area contributed by atoms with Crippen LogP contribution in [0.2, 0.25) is 0 Å². The molecule has 0 aliphatic heterocycles. The van der Waals surface area contributed by atoms with Crippen molar-refractivity contribution in [3.8, 4) is 0 Å². The van der Waals surface area contributed by atoms with E-state index in [9.17, 15) is 0 Å². The minimum atomic E-state index is 0.506. The van der Waals surface area contributed by atoms with Crippen molar-refractivity contribution in [3.63, 3.8) is 0 Å². The van der Waals surface area contributed by atoms with Crippen LogP contribution in [0.4, 0.5) is 0 Å². The van der Waals surface area contributed by atoms with E-state index in [4.69, 9.17) is 0 Å². The predicted molar refractivity (Wildman–Crippen MR) is 81.7 cm³/mol. The van der Waals surface area contributed by atoms with Crippen molar-refractivity contribution in [2.24, 2.45) is 5.41 Å². The highest BCUT2D eigenvalue weighted by Gasteiger charge is 2.49. The molecule has 19 heavy (non-hydrogen) atoms. The number of hydrogen-bond donors (Lipinski definition) is 1. The molecular weight excluding hydrogens is 230 g/mol. The monoisotopic (exact) mass is 257 g/mol. The molecule has 0 heterocycles. The summed E-state index contributed by atoms with van der Waals surface area (Å²) < 4.78 is 0. The van der Waals surface area contributed by atoms with Crippen molar-refractivity contribution < 1.29 is 0 Å². The fourth-order valence-corrected chi connectivity index (χ4v) is 4.61. The molecule has 3 saturated carbocycles. The first kappa shape index (κ1) is 13.2. The molecule has 2 bridgehead atoms. The molecule has 0 atom stereocenters. The first-order valence-corrected chi connectivity index (χ1v) is 7.82. The molecule has 3 fully saturated rings. The zero-order valence-electron chi connectivity index (χ0n) is 12.7. The van der Waals surface area contributed by atoms with E-state index in [2.05, 4.69) is 44.4 Å². The minimum absolute atomic E-state index is 0.506. The van der Waals surface area contributed by atoms with Crippen molar-refractivity contribution in [3.05, 3.63) is 34.9 Å². The van der Waals surface area contributed by atoms with Crippen LogP contribution < -0.4 is 5.32 Å². The van der Waals surface area contributed by atoms with Crippen LogP contribution >= 0.6 is 0 Å². The number of fused-ring (bicyclic) bond motifs is 3. The van der Waals surface area contributed by atoms with E-state index in [-0.39, 0.29) is 0 Å². The van der Waals surface area contributed by atoms with Gasteiger partial charge < -0.3 is 5.32 Å². The van der Waals surface area contributed by atoms with Crippen LogP contribution in [0.1, 0.15) is 55.2 Å². The van der Waals surface area contributed by atoms with E-state index in [1.54, 1.807) is 5.56 Å². The van der Waals surface area contributed by atoms with E-state index < -0.39 is 0 Å². The zero-order valence-corrected chi connectivity index (χ0v) is 12.7. The number of benzene rings is 1. The van der Waals surface area contributed by atoms with Gasteiger partial charge in [0.1, 0.15) is 0 Å². The Labute approximate surface area is 117 Å². The summed E-state index contributed by atoms with van der Waals surface area (Å²) in [4.78, 5) is 0. The van der Waals surface area contributed by atoms with Crippen LogP contribution in [0.5, 0.6) is 0 Å². The molecule has 1 aromatic rings. The summed E-state index contributed by atoms with van der Waals surface area (Å²) in [6.07, 6.45) is 8.46. The molecule has 1 N–H and O–H groups in total. The number of rotatable bonds is 3. The van der Waals surface area contributed by atoms with Gasteiger partial charge in [0.2, 0.25) is 0 Å². The van der Waals surface area contributed by atoms with Crippen LogP contribution in [0.15, 0.2) is 18.2 Å². The maximum absolute atomic E-state index is 3.43. The Morgan fingerprint density at radius 1 is 1.00 bits per heavy atom. The van der Waals surface area contributed by atoms with Gasteiger partial charge in [-0.3, -0.25) is 0 Å². The van der Waals surface area contributed by atoms with Crippen molar-refractivity contribution in [1.82, 2.24) is 5.32 Å². The number of hydrogen-bond acceptors (Lipinski definition) is 1. The Morgan fingerprint density at radius 3 is 2.21 bits per heavy atom. The normalized spacial score (nSPS) is 33.6. The van der Waals surface area contributed by atoms with Crippen LogP contribution in [0.3, 0.4) is 0 Å². The van der Waals surface area contributed by atoms with E-state index in [0.717, 1.165) is 0 Å². The van der Waals surface area contributed by atoms with Gasteiger partial charge in [0.25, 0.3) is 0 Å². The predicted octanol–water partition coefficient (Wildman–Crippen LogP) is 4.11. The molecule has 0 saturated heterocycles. The van der Waals surface area contributed by atoms with Crippen molar-refractivity contribution in [2.45, 2.75) is 57.8 Å². The summed E-state index contributed by atoms with van der Waals surface area (Å²) in [5.41, 5.74) is 5.71. The fraction of sp³-hybridized carbons (Fsp3) is 0.667. The Hall–Kier alpha value is -0.820. The average Bonchev–Trinajstić information content (AvgIpc) is 2.44. The van der Waals surface area contributed by atoms with E-state index >= 15 is 0 Å². The van der Waals surface area contributed by atoms with E-state index in [1.165, 1.54) is 56.2 Å². The van der Waals surface area contributed by atoms with Crippen LogP contribution in [-0.4, -0.2) is 13.6 Å². The summed E-state index contributed by atoms with van der Waals surface area (Å²) in [7, 11) is 2.11. The third kappa shape index (κ3) is 2.12. The molecule has 0 amide bonds. The Morgan fingerprint density at radius 2 is 1.63 bits per heavy atom. The average molecular weight is 257 g/mol. The minimum Gasteiger partial charge on any atom is -0.319 e. The second kappa shape index (κ2) is 4.63. The van der Waals surface area contributed by atoms with E-state index in [0.29, 0.717) is 10.8 Å². The molecule has 0 spiro atoms. The molecule has 3 aliphatic rings. The van der Waals surface area contributed by atoms with Gasteiger partial charge in [-0.15, -0.1) is 0 Å². The number of nitrogens with one attached hydrogen (secondary N) is 1. The highest BCUT2D eigenvalue weighted by atomic mass is 14.8. The Balaban J connectivity index is 1.89. The molecule has 0 radical (unpaired) electrons. The van der Waals surface area contributed by atoms with Gasteiger partial charge in [-0.25, -0.2) is 0 Å². The third-order valence-electron chi connectivity index (χ3n) is 5.92. The van der Waals surface area contributed by atoms with Gasteiger partial charge in [-0.2, -0.15) is 0 Å². The maximum atomic E-state index is 3.43. The highest BCUT2D eigenvalue weighted by molar-refractivity contribution is 5.38. The van der Waals surface area contributed by atoms with Gasteiger partial charge in [-0.05, 0) is 81.4 Å². The summed E-state index contributed by atoms with van der Waals surface area (Å²) in [5, 5.41) is 3.43. The zero-order chi connectivity index (χ0) is 13.5. The molecule has 3 aliphatic carbocycles. The second-order valence-corrected chi connectivity index (χ2v) is 7.13. The SMILES string of the molecule is CNCC12CCC(c3cc(C)ccc3C)(CC1)CC2. The quantitative estimate of drug-likeness (QED) is 0.859. The molecule has 4 rings (SSSR count). The van der Waals surface area contributed by atoms with Gasteiger partial charge >= 0.3 is 0 Å². The Kier molecular flexibility index (Phi) is 3.21. The molecule has 1 nitrogen and oxygen atoms in total. The lowest BCUT2D eigenvalue weighted by atomic mass is 9.51. The van der Waals surface area contributed by atoms with Gasteiger partial charge in [0.05, 0.1) is 0 Å². The first-order chi connectivity index (χ1) is 9.09. The maximum Gasteiger partial charge on any atom is 0.000482 e. The van der Waals surface area contributed by atoms with Crippen molar-refractivity contribution >= 4 is 0 Å². The molecule has 0 unspecified atom stereocenters. The van der Waals surface area contributed by atoms with Crippen LogP contribution in [0.25, 0.3) is 0 Å². The molecule has 1 aromatic carbocycles. The van der Waals surface area contributed by atoms with Crippen LogP contribution in [-0.2, 0) is 5.41 Å². The van der Waals surface area contributed by atoms with E-state index in [1.807, 2.05) is 0 Å². The van der Waals surface area contributed by atoms with Crippen molar-refractivity contribution in [2.75, 3.05) is 13.6 Å². The fourth-order valence-electron chi connectivity index (χ4n) is 4.61. The molecule has 1 heteroatoms. The third-order valence-corrected chi connectivity index (χ3v) is 5.92. The summed E-state index contributed by atoms with van der Waals surface area (Å²) >= 11 is 0. The smallest absolute Gasteiger partial charge is 0.000482 e. The lowest BCUT2D eigenvalue weighted by Crippen LogP contribution is -2.48. The lowest BCUT2D eigenvalue weighted by Gasteiger charge is -2.54. The molecular formula is C18H27N. The summed E-state index contributed by atoms with van der Waals surface area (Å²) in [6, 6.07) is 7.04. The summed E-state index contributed by atoms with van der Waals surface area (Å²) in [5.74, 6) is 0. The Bertz CT molecular complexity index is 450. The largest absolute Gasteiger partial charge is 0.319 e.